The number of halogens is 2. The molecule has 1 amide bonds. The first-order valence-electron chi connectivity index (χ1n) is 9.16. The number of aromatic nitrogens is 2. The molecular weight excluding hydrogens is 368 g/mol. The van der Waals surface area contributed by atoms with E-state index in [4.69, 9.17) is 9.47 Å². The molecule has 6 nitrogen and oxygen atoms in total. The van der Waals surface area contributed by atoms with Gasteiger partial charge in [-0.25, -0.2) is 8.78 Å². The SMILES string of the molecule is COC(CNC(=O)[C@]12CC[C@H](C1)c1cc(-c3c(F)cccc3F)nnc12)OC. The van der Waals surface area contributed by atoms with Gasteiger partial charge in [0.05, 0.1) is 28.9 Å². The van der Waals surface area contributed by atoms with Crippen LogP contribution in [0.1, 0.15) is 36.4 Å². The second kappa shape index (κ2) is 7.18. The summed E-state index contributed by atoms with van der Waals surface area (Å²) in [4.78, 5) is 13.0. The van der Waals surface area contributed by atoms with Gasteiger partial charge in [-0.15, -0.1) is 5.10 Å². The highest BCUT2D eigenvalue weighted by molar-refractivity contribution is 5.90. The van der Waals surface area contributed by atoms with E-state index in [9.17, 15) is 13.6 Å². The van der Waals surface area contributed by atoms with E-state index in [1.54, 1.807) is 6.07 Å². The number of methoxy groups -OCH3 is 2. The van der Waals surface area contributed by atoms with Crippen molar-refractivity contribution in [2.75, 3.05) is 20.8 Å². The van der Waals surface area contributed by atoms with Gasteiger partial charge in [-0.3, -0.25) is 4.79 Å². The van der Waals surface area contributed by atoms with Crippen LogP contribution in [0.4, 0.5) is 8.78 Å². The third kappa shape index (κ3) is 2.87. The van der Waals surface area contributed by atoms with Crippen LogP contribution in [0.2, 0.25) is 0 Å². The number of carbonyl (C=O) groups is 1. The average Bonchev–Trinajstić information content (AvgIpc) is 3.27. The number of hydrogen-bond donors (Lipinski definition) is 1. The Bertz CT molecular complexity index is 899. The zero-order valence-electron chi connectivity index (χ0n) is 15.7. The third-order valence-electron chi connectivity index (χ3n) is 5.84. The lowest BCUT2D eigenvalue weighted by atomic mass is 9.82. The monoisotopic (exact) mass is 389 g/mol. The molecule has 8 heteroatoms. The molecular formula is C20H21F2N3O3. The van der Waals surface area contributed by atoms with Crippen molar-refractivity contribution in [3.63, 3.8) is 0 Å². The van der Waals surface area contributed by atoms with Crippen LogP contribution in [0.3, 0.4) is 0 Å². The van der Waals surface area contributed by atoms with Crippen molar-refractivity contribution < 1.29 is 23.0 Å². The minimum Gasteiger partial charge on any atom is -0.354 e. The number of nitrogens with zero attached hydrogens (tertiary/aromatic N) is 2. The highest BCUT2D eigenvalue weighted by Crippen LogP contribution is 2.56. The van der Waals surface area contributed by atoms with Gasteiger partial charge >= 0.3 is 0 Å². The molecule has 2 atom stereocenters. The molecule has 2 aliphatic rings. The number of hydrogen-bond acceptors (Lipinski definition) is 5. The molecule has 2 aromatic rings. The Morgan fingerprint density at radius 3 is 2.68 bits per heavy atom. The maximum absolute atomic E-state index is 14.1. The first-order chi connectivity index (χ1) is 13.5. The summed E-state index contributed by atoms with van der Waals surface area (Å²) in [6.07, 6.45) is 1.58. The standard InChI is InChI=1S/C20H21F2N3O3/c1-27-16(28-2)10-23-19(26)20-7-6-11(9-20)12-8-15(24-25-18(12)20)17-13(21)4-3-5-14(17)22/h3-5,8,11,16H,6-7,9-10H2,1-2H3,(H,23,26)/t11-,20-/m1/s1. The number of ether oxygens (including phenoxy) is 2. The lowest BCUT2D eigenvalue weighted by Gasteiger charge is -2.27. The number of rotatable bonds is 6. The second-order valence-electron chi connectivity index (χ2n) is 7.26. The quantitative estimate of drug-likeness (QED) is 0.769. The fourth-order valence-electron chi connectivity index (χ4n) is 4.40. The van der Waals surface area contributed by atoms with Gasteiger partial charge in [0, 0.05) is 14.2 Å². The van der Waals surface area contributed by atoms with Crippen molar-refractivity contribution in [3.05, 3.63) is 47.2 Å². The van der Waals surface area contributed by atoms with Gasteiger partial charge in [-0.2, -0.15) is 5.10 Å². The van der Waals surface area contributed by atoms with Gasteiger partial charge < -0.3 is 14.8 Å². The molecule has 148 valence electrons. The van der Waals surface area contributed by atoms with Crippen molar-refractivity contribution in [2.45, 2.75) is 36.9 Å². The van der Waals surface area contributed by atoms with Crippen LogP contribution in [0, 0.1) is 11.6 Å². The predicted octanol–water partition coefficient (Wildman–Crippen LogP) is 2.68. The van der Waals surface area contributed by atoms with Crippen LogP contribution in [0.25, 0.3) is 11.3 Å². The maximum Gasteiger partial charge on any atom is 0.232 e. The minimum atomic E-state index is -0.759. The summed E-state index contributed by atoms with van der Waals surface area (Å²) in [6, 6.07) is 5.37. The summed E-state index contributed by atoms with van der Waals surface area (Å²) in [5.41, 5.74) is 0.654. The van der Waals surface area contributed by atoms with Crippen LogP contribution >= 0.6 is 0 Å². The number of carbonyl (C=O) groups excluding carboxylic acids is 1. The van der Waals surface area contributed by atoms with Crippen molar-refractivity contribution in [3.8, 4) is 11.3 Å². The number of benzene rings is 1. The predicted molar refractivity (Wildman–Crippen MR) is 96.5 cm³/mol. The Balaban J connectivity index is 1.65. The van der Waals surface area contributed by atoms with Crippen molar-refractivity contribution >= 4 is 5.91 Å². The fraction of sp³-hybridized carbons (Fsp3) is 0.450. The lowest BCUT2D eigenvalue weighted by molar-refractivity contribution is -0.132. The van der Waals surface area contributed by atoms with Crippen LogP contribution < -0.4 is 5.32 Å². The van der Waals surface area contributed by atoms with Crippen molar-refractivity contribution in [1.29, 1.82) is 0 Å². The van der Waals surface area contributed by atoms with E-state index in [0.29, 0.717) is 18.5 Å². The molecule has 0 unspecified atom stereocenters. The van der Waals surface area contributed by atoms with Gasteiger partial charge in [0.25, 0.3) is 0 Å². The van der Waals surface area contributed by atoms with Gasteiger partial charge in [-0.05, 0) is 48.9 Å². The normalized spacial score (nSPS) is 22.5. The largest absolute Gasteiger partial charge is 0.354 e. The molecule has 1 aromatic heterocycles. The molecule has 1 saturated carbocycles. The molecule has 0 spiro atoms. The highest BCUT2D eigenvalue weighted by atomic mass is 19.1. The summed E-state index contributed by atoms with van der Waals surface area (Å²) < 4.78 is 38.5. The third-order valence-corrected chi connectivity index (χ3v) is 5.84. The number of fused-ring (bicyclic) bond motifs is 5. The van der Waals surface area contributed by atoms with E-state index < -0.39 is 23.3 Å². The van der Waals surface area contributed by atoms with Crippen molar-refractivity contribution in [1.82, 2.24) is 15.5 Å². The van der Waals surface area contributed by atoms with E-state index in [-0.39, 0.29) is 29.6 Å². The zero-order valence-corrected chi connectivity index (χ0v) is 15.7. The van der Waals surface area contributed by atoms with Gasteiger partial charge in [-0.1, -0.05) is 6.07 Å². The Hall–Kier alpha value is -2.45. The molecule has 0 radical (unpaired) electrons. The number of amides is 1. The zero-order chi connectivity index (χ0) is 19.9. The van der Waals surface area contributed by atoms with E-state index in [0.717, 1.165) is 12.0 Å². The Morgan fingerprint density at radius 2 is 2.00 bits per heavy atom. The Kier molecular flexibility index (Phi) is 4.84. The summed E-state index contributed by atoms with van der Waals surface area (Å²) in [7, 11) is 3.01. The molecule has 1 aromatic carbocycles. The van der Waals surface area contributed by atoms with E-state index >= 15 is 0 Å². The smallest absolute Gasteiger partial charge is 0.232 e. The fourth-order valence-corrected chi connectivity index (χ4v) is 4.40. The van der Waals surface area contributed by atoms with Gasteiger partial charge in [0.15, 0.2) is 6.29 Å². The summed E-state index contributed by atoms with van der Waals surface area (Å²) in [5.74, 6) is -1.39. The lowest BCUT2D eigenvalue weighted by Crippen LogP contribution is -2.45. The number of nitrogens with one attached hydrogen (secondary N) is 1. The molecule has 2 bridgehead atoms. The van der Waals surface area contributed by atoms with Crippen LogP contribution in [-0.4, -0.2) is 43.2 Å². The summed E-state index contributed by atoms with van der Waals surface area (Å²) in [5, 5.41) is 11.2. The van der Waals surface area contributed by atoms with E-state index in [1.807, 2.05) is 0 Å². The molecule has 1 fully saturated rings. The van der Waals surface area contributed by atoms with E-state index in [2.05, 4.69) is 15.5 Å². The van der Waals surface area contributed by atoms with Crippen LogP contribution in [-0.2, 0) is 19.7 Å². The molecule has 2 aliphatic carbocycles. The highest BCUT2D eigenvalue weighted by Gasteiger charge is 2.55. The molecule has 4 rings (SSSR count). The maximum atomic E-state index is 14.1. The van der Waals surface area contributed by atoms with E-state index in [1.165, 1.54) is 32.4 Å². The van der Waals surface area contributed by atoms with Crippen LogP contribution in [0.5, 0.6) is 0 Å². The first kappa shape index (κ1) is 18.9. The van der Waals surface area contributed by atoms with Crippen LogP contribution in [0.15, 0.2) is 24.3 Å². The molecule has 0 saturated heterocycles. The minimum absolute atomic E-state index is 0.130. The summed E-state index contributed by atoms with van der Waals surface area (Å²) in [6.45, 7) is 0.222. The summed E-state index contributed by atoms with van der Waals surface area (Å²) >= 11 is 0. The van der Waals surface area contributed by atoms with Gasteiger partial charge in [0.2, 0.25) is 5.91 Å². The van der Waals surface area contributed by atoms with Gasteiger partial charge in [0.1, 0.15) is 11.6 Å². The molecule has 0 aliphatic heterocycles. The first-order valence-corrected chi connectivity index (χ1v) is 9.16. The molecule has 1 N–H and O–H groups in total. The van der Waals surface area contributed by atoms with Crippen molar-refractivity contribution in [2.24, 2.45) is 0 Å². The Morgan fingerprint density at radius 1 is 1.29 bits per heavy atom. The topological polar surface area (TPSA) is 73.3 Å². The Labute approximate surface area is 161 Å². The second-order valence-corrected chi connectivity index (χ2v) is 7.26. The molecule has 1 heterocycles. The molecule has 28 heavy (non-hydrogen) atoms. The average molecular weight is 389 g/mol.